The molecule has 1 aliphatic heterocycles. The van der Waals surface area contributed by atoms with Crippen molar-refractivity contribution in [3.05, 3.63) is 246 Å². The molecule has 0 saturated carbocycles. The fourth-order valence-corrected chi connectivity index (χ4v) is 10.4. The Hall–Kier alpha value is -6.38. The average Bonchev–Trinajstić information content (AvgIpc) is 3.60. The first-order valence-corrected chi connectivity index (χ1v) is 21.4. The lowest BCUT2D eigenvalue weighted by molar-refractivity contribution is 0.246. The van der Waals surface area contributed by atoms with E-state index in [9.17, 15) is 0 Å². The summed E-state index contributed by atoms with van der Waals surface area (Å²) in [5.74, 6) is 0. The highest BCUT2D eigenvalue weighted by molar-refractivity contribution is 6.08. The molecule has 0 aromatic heterocycles. The summed E-state index contributed by atoms with van der Waals surface area (Å²) in [5, 5.41) is 5.19. The zero-order valence-electron chi connectivity index (χ0n) is 34.1. The van der Waals surface area contributed by atoms with Crippen molar-refractivity contribution >= 4 is 21.5 Å². The van der Waals surface area contributed by atoms with Gasteiger partial charge in [-0.2, -0.15) is 0 Å². The predicted octanol–water partition coefficient (Wildman–Crippen LogP) is 13.4. The second-order valence-electron chi connectivity index (χ2n) is 16.5. The minimum absolute atomic E-state index is 0.271. The van der Waals surface area contributed by atoms with Crippen molar-refractivity contribution < 1.29 is 0 Å². The van der Waals surface area contributed by atoms with Gasteiger partial charge in [-0.3, -0.25) is 0 Å². The van der Waals surface area contributed by atoms with Gasteiger partial charge >= 0.3 is 0 Å². The van der Waals surface area contributed by atoms with Crippen LogP contribution in [0.3, 0.4) is 0 Å². The van der Waals surface area contributed by atoms with Gasteiger partial charge in [-0.15, -0.1) is 0 Å². The van der Waals surface area contributed by atoms with Gasteiger partial charge in [0.05, 0.1) is 0 Å². The highest BCUT2D eigenvalue weighted by Crippen LogP contribution is 2.48. The largest absolute Gasteiger partial charge is 0.342 e. The summed E-state index contributed by atoms with van der Waals surface area (Å²) in [6.07, 6.45) is 3.51. The van der Waals surface area contributed by atoms with Crippen molar-refractivity contribution in [2.24, 2.45) is 0 Å². The molecule has 0 fully saturated rings. The van der Waals surface area contributed by atoms with Gasteiger partial charge in [0.15, 0.2) is 0 Å². The standard InChI is InChI=1S/C57H50N2/c1-3-56(46-23-9-5-10-24-46,47-25-11-6-12-26-47)39-58-41-59(40-57(4-2,48-27-13-7-14-28-48)49-29-15-8-16-30-49)53-38-45-36-34-43-22-18-20-32-51(43)55(45)54-44(37-52(53)58)35-33-42-21-17-19-31-50(42)54/h5-36H,3-4,37-40H2,1-2H3. The van der Waals surface area contributed by atoms with Crippen LogP contribution in [0, 0.1) is 6.67 Å². The Morgan fingerprint density at radius 3 is 1.05 bits per heavy atom. The van der Waals surface area contributed by atoms with Gasteiger partial charge < -0.3 is 9.80 Å². The number of allylic oxidation sites excluding steroid dienone is 2. The number of nitrogens with zero attached hydrogens (tertiary/aromatic N) is 2. The van der Waals surface area contributed by atoms with E-state index in [1.807, 2.05) is 0 Å². The van der Waals surface area contributed by atoms with Crippen LogP contribution in [0.25, 0.3) is 32.7 Å². The van der Waals surface area contributed by atoms with Crippen molar-refractivity contribution in [1.29, 1.82) is 0 Å². The molecule has 2 heteroatoms. The second kappa shape index (κ2) is 15.4. The molecule has 0 amide bonds. The van der Waals surface area contributed by atoms with E-state index in [1.54, 1.807) is 0 Å². The molecule has 59 heavy (non-hydrogen) atoms. The summed E-state index contributed by atoms with van der Waals surface area (Å²) in [5.41, 5.74) is 12.9. The summed E-state index contributed by atoms with van der Waals surface area (Å²) in [7, 11) is 0. The fourth-order valence-electron chi connectivity index (χ4n) is 10.4. The Morgan fingerprint density at radius 2 is 0.712 bits per heavy atom. The molecule has 2 nitrogen and oxygen atoms in total. The van der Waals surface area contributed by atoms with Gasteiger partial charge in [0.2, 0.25) is 6.67 Å². The van der Waals surface area contributed by atoms with Crippen LogP contribution >= 0.6 is 0 Å². The molecule has 8 aromatic rings. The molecule has 2 aliphatic rings. The Labute approximate surface area is 350 Å². The van der Waals surface area contributed by atoms with Crippen molar-refractivity contribution in [2.45, 2.75) is 50.4 Å². The maximum Gasteiger partial charge on any atom is 0.208 e. The van der Waals surface area contributed by atoms with Crippen LogP contribution in [0.4, 0.5) is 0 Å². The molecule has 8 aromatic carbocycles. The van der Waals surface area contributed by atoms with Crippen LogP contribution in [0.5, 0.6) is 0 Å². The quantitative estimate of drug-likeness (QED) is 0.137. The van der Waals surface area contributed by atoms with Gasteiger partial charge in [-0.05, 0) is 78.9 Å². The van der Waals surface area contributed by atoms with Crippen LogP contribution in [0.1, 0.15) is 60.1 Å². The van der Waals surface area contributed by atoms with Crippen molar-refractivity contribution in [3.8, 4) is 11.1 Å². The van der Waals surface area contributed by atoms with Gasteiger partial charge in [-0.25, -0.2) is 0 Å². The van der Waals surface area contributed by atoms with Crippen molar-refractivity contribution in [2.75, 3.05) is 13.1 Å². The van der Waals surface area contributed by atoms with Gasteiger partial charge in [0.25, 0.3) is 0 Å². The predicted molar refractivity (Wildman–Crippen MR) is 246 cm³/mol. The van der Waals surface area contributed by atoms with Crippen LogP contribution in [0.15, 0.2) is 206 Å². The van der Waals surface area contributed by atoms with Gasteiger partial charge in [-0.1, -0.05) is 208 Å². The molecular weight excluding hydrogens is 713 g/mol. The van der Waals surface area contributed by atoms with E-state index < -0.39 is 0 Å². The summed E-state index contributed by atoms with van der Waals surface area (Å²) in [4.78, 5) is 5.08. The van der Waals surface area contributed by atoms with E-state index in [2.05, 4.69) is 224 Å². The third-order valence-corrected chi connectivity index (χ3v) is 13.6. The van der Waals surface area contributed by atoms with Crippen molar-refractivity contribution in [1.82, 2.24) is 9.80 Å². The molecule has 0 N–H and O–H groups in total. The Morgan fingerprint density at radius 1 is 0.390 bits per heavy atom. The van der Waals surface area contributed by atoms with E-state index in [0.29, 0.717) is 0 Å². The van der Waals surface area contributed by atoms with E-state index in [4.69, 9.17) is 0 Å². The lowest BCUT2D eigenvalue weighted by Crippen LogP contribution is -2.42. The zero-order valence-corrected chi connectivity index (χ0v) is 34.1. The number of fused-ring (bicyclic) bond motifs is 7. The number of hydrogen-bond donors (Lipinski definition) is 0. The van der Waals surface area contributed by atoms with E-state index in [-0.39, 0.29) is 10.8 Å². The molecule has 0 unspecified atom stereocenters. The maximum absolute atomic E-state index is 4.18. The van der Waals surface area contributed by atoms with Crippen LogP contribution in [-0.4, -0.2) is 22.9 Å². The summed E-state index contributed by atoms with van der Waals surface area (Å²) in [6, 6.07) is 72.2. The maximum atomic E-state index is 4.18. The number of benzene rings is 8. The molecule has 1 aliphatic carbocycles. The second-order valence-corrected chi connectivity index (χ2v) is 16.5. The summed E-state index contributed by atoms with van der Waals surface area (Å²) < 4.78 is 0. The minimum Gasteiger partial charge on any atom is -0.342 e. The molecule has 2 radical (unpaired) electrons. The first-order chi connectivity index (χ1) is 29.1. The Kier molecular flexibility index (Phi) is 9.65. The summed E-state index contributed by atoms with van der Waals surface area (Å²) in [6.45, 7) is 10.4. The molecule has 0 bridgehead atoms. The molecule has 0 spiro atoms. The average molecular weight is 763 g/mol. The minimum atomic E-state index is -0.271. The lowest BCUT2D eigenvalue weighted by Gasteiger charge is -2.40. The Bertz CT molecular complexity index is 2500. The van der Waals surface area contributed by atoms with Crippen molar-refractivity contribution in [3.63, 3.8) is 0 Å². The lowest BCUT2D eigenvalue weighted by atomic mass is 9.72. The third kappa shape index (κ3) is 6.34. The van der Waals surface area contributed by atoms with Crippen LogP contribution in [0.2, 0.25) is 0 Å². The molecule has 0 saturated heterocycles. The zero-order chi connectivity index (χ0) is 39.8. The number of hydrogen-bond acceptors (Lipinski definition) is 2. The van der Waals surface area contributed by atoms with Gasteiger partial charge in [0, 0.05) is 48.2 Å². The molecular formula is C57H50N2. The van der Waals surface area contributed by atoms with Crippen LogP contribution < -0.4 is 0 Å². The highest BCUT2D eigenvalue weighted by Gasteiger charge is 2.44. The molecule has 0 atom stereocenters. The van der Waals surface area contributed by atoms with E-state index in [1.165, 1.54) is 77.4 Å². The number of rotatable bonds is 10. The first kappa shape index (κ1) is 36.9. The molecule has 10 rings (SSSR count). The molecule has 288 valence electrons. The van der Waals surface area contributed by atoms with Gasteiger partial charge in [0.1, 0.15) is 0 Å². The smallest absolute Gasteiger partial charge is 0.208 e. The SMILES string of the molecule is CCC(CN1[C]N(CC(CC)(c2ccccc2)c2ccccc2)C2=C1Cc1ccc3ccccc3c1-c1c(ccc3ccccc13)C2)(c1ccccc1)c1ccccc1. The highest BCUT2D eigenvalue weighted by atomic mass is 15.4. The summed E-state index contributed by atoms with van der Waals surface area (Å²) >= 11 is 0. The first-order valence-electron chi connectivity index (χ1n) is 21.4. The normalized spacial score (nSPS) is 14.2. The third-order valence-electron chi connectivity index (χ3n) is 13.6. The van der Waals surface area contributed by atoms with E-state index in [0.717, 1.165) is 38.8 Å². The topological polar surface area (TPSA) is 6.48 Å². The van der Waals surface area contributed by atoms with Crippen LogP contribution in [-0.2, 0) is 23.7 Å². The monoisotopic (exact) mass is 762 g/mol. The molecule has 1 heterocycles. The Balaban J connectivity index is 1.21. The fraction of sp³-hybridized carbons (Fsp3) is 0.175. The van der Waals surface area contributed by atoms with E-state index >= 15 is 0 Å².